The number of aryl methyl sites for hydroxylation is 1. The average molecular weight is 517 g/mol. The lowest BCUT2D eigenvalue weighted by atomic mass is 9.90. The average Bonchev–Trinajstić information content (AvgIpc) is 3.47. The van der Waals surface area contributed by atoms with Gasteiger partial charge in [0.25, 0.3) is 0 Å². The van der Waals surface area contributed by atoms with Crippen LogP contribution in [0.5, 0.6) is 0 Å². The first-order valence-electron chi connectivity index (χ1n) is 10.3. The Bertz CT molecular complexity index is 1240. The maximum Gasteiger partial charge on any atom is 0.243 e. The van der Waals surface area contributed by atoms with Gasteiger partial charge in [-0.2, -0.15) is 5.10 Å². The molecule has 1 aliphatic carbocycles. The van der Waals surface area contributed by atoms with Crippen LogP contribution in [-0.2, 0) is 27.3 Å². The third-order valence-corrected chi connectivity index (χ3v) is 8.18. The van der Waals surface area contributed by atoms with Crippen molar-refractivity contribution in [3.63, 3.8) is 0 Å². The number of carbonyl (C=O) groups excluding carboxylic acids is 1. The Labute approximate surface area is 196 Å². The first-order chi connectivity index (χ1) is 15.2. The summed E-state index contributed by atoms with van der Waals surface area (Å²) < 4.78 is 30.4. The molecule has 7 nitrogen and oxygen atoms in total. The van der Waals surface area contributed by atoms with Gasteiger partial charge < -0.3 is 5.32 Å². The molecule has 0 bridgehead atoms. The molecule has 0 radical (unpaired) electrons. The molecule has 0 aliphatic heterocycles. The predicted molar refractivity (Wildman–Crippen MR) is 126 cm³/mol. The summed E-state index contributed by atoms with van der Waals surface area (Å²) in [5.74, 6) is -0.0897. The van der Waals surface area contributed by atoms with Crippen molar-refractivity contribution in [2.24, 2.45) is 7.05 Å². The van der Waals surface area contributed by atoms with Crippen LogP contribution in [0, 0.1) is 6.92 Å². The van der Waals surface area contributed by atoms with E-state index in [1.54, 1.807) is 7.05 Å². The minimum Gasteiger partial charge on any atom is -0.347 e. The van der Waals surface area contributed by atoms with E-state index < -0.39 is 21.5 Å². The molecule has 0 spiro atoms. The van der Waals surface area contributed by atoms with Gasteiger partial charge in [0.05, 0.1) is 17.7 Å². The number of sulfonamides is 1. The van der Waals surface area contributed by atoms with E-state index in [0.29, 0.717) is 0 Å². The van der Waals surface area contributed by atoms with Crippen molar-refractivity contribution in [1.29, 1.82) is 0 Å². The highest BCUT2D eigenvalue weighted by atomic mass is 79.9. The predicted octanol–water partition coefficient (Wildman–Crippen LogP) is 3.36. The van der Waals surface area contributed by atoms with Gasteiger partial charge in [-0.25, -0.2) is 13.1 Å². The van der Waals surface area contributed by atoms with E-state index in [2.05, 4.69) is 31.1 Å². The lowest BCUT2D eigenvalue weighted by molar-refractivity contribution is -0.124. The largest absolute Gasteiger partial charge is 0.347 e. The van der Waals surface area contributed by atoms with Crippen LogP contribution >= 0.6 is 15.9 Å². The first-order valence-corrected chi connectivity index (χ1v) is 12.6. The summed E-state index contributed by atoms with van der Waals surface area (Å²) in [6.45, 7) is 2.03. The van der Waals surface area contributed by atoms with Crippen molar-refractivity contribution in [2.45, 2.75) is 36.1 Å². The molecule has 1 saturated carbocycles. The Morgan fingerprint density at radius 2 is 1.91 bits per heavy atom. The summed E-state index contributed by atoms with van der Waals surface area (Å²) in [7, 11) is -2.10. The van der Waals surface area contributed by atoms with Crippen LogP contribution in [0.15, 0.2) is 70.3 Å². The Morgan fingerprint density at radius 1 is 1.19 bits per heavy atom. The van der Waals surface area contributed by atoms with Crippen LogP contribution < -0.4 is 10.0 Å². The number of hydrogen-bond donors (Lipinski definition) is 2. The third-order valence-electron chi connectivity index (χ3n) is 5.94. The summed E-state index contributed by atoms with van der Waals surface area (Å²) >= 11 is 3.56. The molecule has 1 fully saturated rings. The molecule has 3 aromatic rings. The summed E-state index contributed by atoms with van der Waals surface area (Å²) in [6, 6.07) is 14.8. The fourth-order valence-corrected chi connectivity index (χ4v) is 5.31. The van der Waals surface area contributed by atoms with E-state index in [1.807, 2.05) is 55.5 Å². The first kappa shape index (κ1) is 22.7. The Kier molecular flexibility index (Phi) is 6.24. The minimum absolute atomic E-state index is 0.0283. The molecule has 2 N–H and O–H groups in total. The third kappa shape index (κ3) is 4.51. The van der Waals surface area contributed by atoms with E-state index >= 15 is 0 Å². The van der Waals surface area contributed by atoms with E-state index in [1.165, 1.54) is 17.1 Å². The van der Waals surface area contributed by atoms with Gasteiger partial charge in [-0.3, -0.25) is 9.48 Å². The van der Waals surface area contributed by atoms with Crippen LogP contribution in [0.25, 0.3) is 0 Å². The van der Waals surface area contributed by atoms with Gasteiger partial charge in [0.2, 0.25) is 15.9 Å². The summed E-state index contributed by atoms with van der Waals surface area (Å²) in [5, 5.41) is 7.04. The second-order valence-electron chi connectivity index (χ2n) is 8.13. The highest BCUT2D eigenvalue weighted by Gasteiger charge is 2.52. The molecule has 4 rings (SSSR count). The molecule has 32 heavy (non-hydrogen) atoms. The highest BCUT2D eigenvalue weighted by Crippen LogP contribution is 2.50. The lowest BCUT2D eigenvalue weighted by Crippen LogP contribution is -2.42. The van der Waals surface area contributed by atoms with Crippen molar-refractivity contribution in [3.05, 3.63) is 82.1 Å². The van der Waals surface area contributed by atoms with E-state index in [4.69, 9.17) is 0 Å². The number of nitrogens with zero attached hydrogens (tertiary/aromatic N) is 2. The van der Waals surface area contributed by atoms with E-state index in [-0.39, 0.29) is 17.3 Å². The zero-order valence-corrected chi connectivity index (χ0v) is 20.3. The van der Waals surface area contributed by atoms with Crippen LogP contribution in [-0.4, -0.2) is 30.7 Å². The molecule has 1 amide bonds. The number of aromatic nitrogens is 2. The molecular formula is C23H25BrN4O3S. The normalized spacial score (nSPS) is 15.8. The summed E-state index contributed by atoms with van der Waals surface area (Å²) in [5.41, 5.74) is 2.31. The summed E-state index contributed by atoms with van der Waals surface area (Å²) in [6.07, 6.45) is 4.26. The van der Waals surface area contributed by atoms with E-state index in [9.17, 15) is 13.2 Å². The monoisotopic (exact) mass is 516 g/mol. The number of halogens is 1. The standard InChI is InChI=1S/C23H25BrN4O3S/c1-16-19(9-6-10-20(16)24)23(11-12-23)22(29)27-21(17-7-4-3-5-8-17)14-26-32(30,31)18-13-25-28(2)15-18/h3-10,13,15,21,26H,11-12,14H2,1-2H3,(H,27,29). The zero-order chi connectivity index (χ0) is 22.9. The number of amides is 1. The van der Waals surface area contributed by atoms with Gasteiger partial charge in [-0.15, -0.1) is 0 Å². The van der Waals surface area contributed by atoms with Crippen molar-refractivity contribution >= 4 is 31.9 Å². The zero-order valence-electron chi connectivity index (χ0n) is 17.9. The summed E-state index contributed by atoms with van der Waals surface area (Å²) in [4.78, 5) is 13.5. The molecule has 1 aliphatic rings. The highest BCUT2D eigenvalue weighted by molar-refractivity contribution is 9.10. The van der Waals surface area contributed by atoms with Crippen LogP contribution in [0.1, 0.15) is 35.6 Å². The maximum atomic E-state index is 13.5. The van der Waals surface area contributed by atoms with Crippen LogP contribution in [0.4, 0.5) is 0 Å². The molecule has 1 aromatic heterocycles. The molecule has 0 saturated heterocycles. The molecule has 2 aromatic carbocycles. The molecule has 1 atom stereocenters. The van der Waals surface area contributed by atoms with Gasteiger partial charge in [-0.1, -0.05) is 58.4 Å². The number of rotatable bonds is 8. The molecular weight excluding hydrogens is 492 g/mol. The van der Waals surface area contributed by atoms with Gasteiger partial charge in [0, 0.05) is 24.3 Å². The van der Waals surface area contributed by atoms with Crippen LogP contribution in [0.2, 0.25) is 0 Å². The number of nitrogens with one attached hydrogen (secondary N) is 2. The van der Waals surface area contributed by atoms with Gasteiger partial charge in [0.1, 0.15) is 4.90 Å². The van der Waals surface area contributed by atoms with Crippen molar-refractivity contribution in [1.82, 2.24) is 19.8 Å². The second kappa shape index (κ2) is 8.80. The smallest absolute Gasteiger partial charge is 0.243 e. The molecule has 1 unspecified atom stereocenters. The fourth-order valence-electron chi connectivity index (χ4n) is 3.92. The fraction of sp³-hybridized carbons (Fsp3) is 0.304. The molecule has 1 heterocycles. The lowest BCUT2D eigenvalue weighted by Gasteiger charge is -2.24. The van der Waals surface area contributed by atoms with Gasteiger partial charge in [0.15, 0.2) is 0 Å². The van der Waals surface area contributed by atoms with Crippen molar-refractivity contribution in [2.75, 3.05) is 6.54 Å². The molecule has 9 heteroatoms. The Morgan fingerprint density at radius 3 is 2.53 bits per heavy atom. The minimum atomic E-state index is -3.75. The number of carbonyl (C=O) groups is 1. The SMILES string of the molecule is Cc1c(Br)cccc1C1(C(=O)NC(CNS(=O)(=O)c2cnn(C)c2)c2ccccc2)CC1. The number of benzene rings is 2. The van der Waals surface area contributed by atoms with Gasteiger partial charge in [-0.05, 0) is 42.5 Å². The maximum absolute atomic E-state index is 13.5. The van der Waals surface area contributed by atoms with Crippen LogP contribution in [0.3, 0.4) is 0 Å². The van der Waals surface area contributed by atoms with E-state index in [0.717, 1.165) is 34.0 Å². The molecule has 168 valence electrons. The quantitative estimate of drug-likeness (QED) is 0.480. The Hall–Kier alpha value is -2.49. The topological polar surface area (TPSA) is 93.1 Å². The Balaban J connectivity index is 1.57. The van der Waals surface area contributed by atoms with Crippen molar-refractivity contribution in [3.8, 4) is 0 Å². The number of hydrogen-bond acceptors (Lipinski definition) is 4. The van der Waals surface area contributed by atoms with Crippen molar-refractivity contribution < 1.29 is 13.2 Å². The second-order valence-corrected chi connectivity index (χ2v) is 10.8. The van der Waals surface area contributed by atoms with Gasteiger partial charge >= 0.3 is 0 Å².